The Morgan fingerprint density at radius 1 is 1.83 bits per heavy atom. The van der Waals surface area contributed by atoms with Crippen LogP contribution in [-0.2, 0) is 0 Å². The highest BCUT2D eigenvalue weighted by molar-refractivity contribution is 5.01. The van der Waals surface area contributed by atoms with E-state index in [1.807, 2.05) is 13.0 Å². The van der Waals surface area contributed by atoms with Gasteiger partial charge in [0.05, 0.1) is 0 Å². The van der Waals surface area contributed by atoms with E-state index in [-0.39, 0.29) is 0 Å². The summed E-state index contributed by atoms with van der Waals surface area (Å²) in [6.07, 6.45) is 3.11. The maximum Gasteiger partial charge on any atom is -0.0283 e. The Bertz CT molecular complexity index is 51.1. The van der Waals surface area contributed by atoms with Crippen LogP contribution < -0.4 is 0 Å². The molecule has 0 bridgehead atoms. The molecule has 0 saturated carbocycles. The Morgan fingerprint density at radius 3 is 2.33 bits per heavy atom. The number of rotatable bonds is 1. The van der Waals surface area contributed by atoms with E-state index in [1.165, 1.54) is 5.57 Å². The first-order valence-electron chi connectivity index (χ1n) is 2.28. The van der Waals surface area contributed by atoms with Gasteiger partial charge in [-0.1, -0.05) is 18.6 Å². The van der Waals surface area contributed by atoms with Gasteiger partial charge in [0.25, 0.3) is 0 Å². The molecule has 0 heteroatoms. The van der Waals surface area contributed by atoms with Crippen LogP contribution in [0.4, 0.5) is 0 Å². The van der Waals surface area contributed by atoms with Crippen molar-refractivity contribution in [1.29, 1.82) is 0 Å². The molecule has 1 radical (unpaired) electrons. The minimum atomic E-state index is 1.08. The maximum absolute atomic E-state index is 3.74. The molecular weight excluding hydrogens is 72.1 g/mol. The second-order valence-corrected chi connectivity index (χ2v) is 1.30. The average Bonchev–Trinajstić information content (AvgIpc) is 1.65. The Kier molecular flexibility index (Phi) is 2.82. The maximum atomic E-state index is 3.74. The fourth-order valence-electron chi connectivity index (χ4n) is 0.204. The van der Waals surface area contributed by atoms with Crippen LogP contribution in [0.5, 0.6) is 0 Å². The molecule has 6 heavy (non-hydrogen) atoms. The van der Waals surface area contributed by atoms with E-state index in [0.717, 1.165) is 6.42 Å². The quantitative estimate of drug-likeness (QED) is 0.455. The molecule has 0 heterocycles. The minimum absolute atomic E-state index is 1.08. The summed E-state index contributed by atoms with van der Waals surface area (Å²) in [6.45, 7) is 7.84. The van der Waals surface area contributed by atoms with Gasteiger partial charge in [0, 0.05) is 0 Å². The van der Waals surface area contributed by atoms with Gasteiger partial charge in [-0.05, 0) is 20.3 Å². The van der Waals surface area contributed by atoms with Crippen molar-refractivity contribution in [2.24, 2.45) is 0 Å². The predicted molar refractivity (Wildman–Crippen MR) is 29.4 cm³/mol. The summed E-state index contributed by atoms with van der Waals surface area (Å²) < 4.78 is 0. The van der Waals surface area contributed by atoms with E-state index in [9.17, 15) is 0 Å². The first-order chi connectivity index (χ1) is 2.81. The third-order valence-corrected chi connectivity index (χ3v) is 0.862. The van der Waals surface area contributed by atoms with Gasteiger partial charge < -0.3 is 0 Å². The lowest BCUT2D eigenvalue weighted by Gasteiger charge is -1.84. The van der Waals surface area contributed by atoms with Crippen LogP contribution in [0.2, 0.25) is 0 Å². The van der Waals surface area contributed by atoms with Crippen molar-refractivity contribution in [3.63, 3.8) is 0 Å². The average molecular weight is 83.2 g/mol. The zero-order chi connectivity index (χ0) is 4.99. The Morgan fingerprint density at radius 2 is 2.33 bits per heavy atom. The highest BCUT2D eigenvalue weighted by Crippen LogP contribution is 1.93. The summed E-state index contributed by atoms with van der Waals surface area (Å²) in [7, 11) is 0. The van der Waals surface area contributed by atoms with Crippen molar-refractivity contribution < 1.29 is 0 Å². The first-order valence-corrected chi connectivity index (χ1v) is 2.28. The summed E-state index contributed by atoms with van der Waals surface area (Å²) in [5.74, 6) is 0. The van der Waals surface area contributed by atoms with Gasteiger partial charge in [-0.3, -0.25) is 0 Å². The fourth-order valence-corrected chi connectivity index (χ4v) is 0.204. The van der Waals surface area contributed by atoms with Gasteiger partial charge in [0.1, 0.15) is 0 Å². The molecule has 0 unspecified atom stereocenters. The zero-order valence-corrected chi connectivity index (χ0v) is 4.49. The van der Waals surface area contributed by atoms with Crippen molar-refractivity contribution in [1.82, 2.24) is 0 Å². The molecule has 0 fully saturated rings. The van der Waals surface area contributed by atoms with Gasteiger partial charge in [-0.2, -0.15) is 0 Å². The Hall–Kier alpha value is -0.260. The van der Waals surface area contributed by atoms with E-state index in [4.69, 9.17) is 0 Å². The summed E-state index contributed by atoms with van der Waals surface area (Å²) in [5, 5.41) is 0. The molecule has 0 aromatic heterocycles. The van der Waals surface area contributed by atoms with Crippen molar-refractivity contribution in [3.05, 3.63) is 18.6 Å². The van der Waals surface area contributed by atoms with Gasteiger partial charge in [-0.25, -0.2) is 0 Å². The summed E-state index contributed by atoms with van der Waals surface area (Å²) in [5.41, 5.74) is 1.22. The molecule has 0 nitrogen and oxygen atoms in total. The molecule has 0 N–H and O–H groups in total. The standard InChI is InChI=1S/C6H11/c1-4-6(3)5-2/h4H,3,5H2,1-2H3. The van der Waals surface area contributed by atoms with Gasteiger partial charge in [-0.15, -0.1) is 0 Å². The summed E-state index contributed by atoms with van der Waals surface area (Å²) in [4.78, 5) is 0. The molecule has 0 saturated heterocycles. The molecular formula is C6H11. The fraction of sp³-hybridized carbons (Fsp3) is 0.500. The van der Waals surface area contributed by atoms with Crippen molar-refractivity contribution in [2.75, 3.05) is 0 Å². The van der Waals surface area contributed by atoms with E-state index >= 15 is 0 Å². The second kappa shape index (κ2) is 2.95. The van der Waals surface area contributed by atoms with Gasteiger partial charge in [0.15, 0.2) is 0 Å². The molecule has 0 rings (SSSR count). The minimum Gasteiger partial charge on any atom is -0.0885 e. The highest BCUT2D eigenvalue weighted by Gasteiger charge is 1.73. The monoisotopic (exact) mass is 83.1 g/mol. The van der Waals surface area contributed by atoms with Gasteiger partial charge in [0.2, 0.25) is 0 Å². The number of hydrogen-bond acceptors (Lipinski definition) is 0. The van der Waals surface area contributed by atoms with E-state index in [2.05, 4.69) is 13.8 Å². The van der Waals surface area contributed by atoms with Crippen molar-refractivity contribution in [3.8, 4) is 0 Å². The summed E-state index contributed by atoms with van der Waals surface area (Å²) >= 11 is 0. The molecule has 0 aliphatic heterocycles. The van der Waals surface area contributed by atoms with Gasteiger partial charge >= 0.3 is 0 Å². The zero-order valence-electron chi connectivity index (χ0n) is 4.49. The van der Waals surface area contributed by atoms with Crippen LogP contribution >= 0.6 is 0 Å². The molecule has 0 aromatic carbocycles. The SMILES string of the molecule is [CH2]C(=CC)CC. The Labute approximate surface area is 39.9 Å². The molecule has 0 aliphatic rings. The molecule has 0 atom stereocenters. The van der Waals surface area contributed by atoms with Crippen LogP contribution in [0.25, 0.3) is 0 Å². The lowest BCUT2D eigenvalue weighted by Crippen LogP contribution is -1.64. The Balaban J connectivity index is 3.22. The highest BCUT2D eigenvalue weighted by atomic mass is 13.8. The topological polar surface area (TPSA) is 0 Å². The van der Waals surface area contributed by atoms with Crippen molar-refractivity contribution in [2.45, 2.75) is 20.3 Å². The molecule has 0 aromatic rings. The van der Waals surface area contributed by atoms with Crippen LogP contribution in [0.15, 0.2) is 11.6 Å². The van der Waals surface area contributed by atoms with Crippen LogP contribution in [0.3, 0.4) is 0 Å². The molecule has 0 amide bonds. The van der Waals surface area contributed by atoms with E-state index < -0.39 is 0 Å². The smallest absolute Gasteiger partial charge is 0.0283 e. The molecule has 35 valence electrons. The number of allylic oxidation sites excluding steroid dienone is 2. The van der Waals surface area contributed by atoms with E-state index in [1.54, 1.807) is 0 Å². The third-order valence-electron chi connectivity index (χ3n) is 0.862. The number of hydrogen-bond donors (Lipinski definition) is 0. The lowest BCUT2D eigenvalue weighted by molar-refractivity contribution is 1.14. The molecule has 0 aliphatic carbocycles. The normalized spacial score (nSPS) is 12.2. The van der Waals surface area contributed by atoms with Crippen LogP contribution in [-0.4, -0.2) is 0 Å². The largest absolute Gasteiger partial charge is 0.0885 e. The van der Waals surface area contributed by atoms with Crippen LogP contribution in [0, 0.1) is 6.92 Å². The lowest BCUT2D eigenvalue weighted by atomic mass is 10.2. The first kappa shape index (κ1) is 5.74. The predicted octanol–water partition coefficient (Wildman–Crippen LogP) is 2.18. The second-order valence-electron chi connectivity index (χ2n) is 1.30. The van der Waals surface area contributed by atoms with Crippen LogP contribution in [0.1, 0.15) is 20.3 Å². The third kappa shape index (κ3) is 2.01. The van der Waals surface area contributed by atoms with Crippen molar-refractivity contribution >= 4 is 0 Å². The van der Waals surface area contributed by atoms with E-state index in [0.29, 0.717) is 0 Å². The molecule has 0 spiro atoms. The summed E-state index contributed by atoms with van der Waals surface area (Å²) in [6, 6.07) is 0.